The summed E-state index contributed by atoms with van der Waals surface area (Å²) in [5.41, 5.74) is 1.95. The van der Waals surface area contributed by atoms with Crippen LogP contribution in [0.15, 0.2) is 18.2 Å². The highest BCUT2D eigenvalue weighted by atomic mass is 16.5. The van der Waals surface area contributed by atoms with Crippen LogP contribution in [0.5, 0.6) is 5.75 Å². The lowest BCUT2D eigenvalue weighted by atomic mass is 10.1. The van der Waals surface area contributed by atoms with Crippen molar-refractivity contribution in [3.05, 3.63) is 29.3 Å². The van der Waals surface area contributed by atoms with Crippen molar-refractivity contribution in [3.8, 4) is 5.75 Å². The van der Waals surface area contributed by atoms with E-state index in [0.717, 1.165) is 16.9 Å². The molecular formula is C15H23NO3. The number of benzene rings is 1. The number of ether oxygens (including phenoxy) is 1. The number of aryl methyl sites for hydroxylation is 1. The molecule has 2 N–H and O–H groups in total. The SMILES string of the molecule is COc1cc(CC(=O)NCC(O)C(C)C)ccc1C. The minimum atomic E-state index is -0.503. The molecule has 0 saturated heterocycles. The van der Waals surface area contributed by atoms with Crippen LogP contribution in [0.25, 0.3) is 0 Å². The Kier molecular flexibility index (Phi) is 5.83. The van der Waals surface area contributed by atoms with Crippen LogP contribution < -0.4 is 10.1 Å². The van der Waals surface area contributed by atoms with Crippen molar-refractivity contribution in [1.82, 2.24) is 5.32 Å². The van der Waals surface area contributed by atoms with Gasteiger partial charge in [-0.3, -0.25) is 4.79 Å². The Hall–Kier alpha value is -1.55. The van der Waals surface area contributed by atoms with Gasteiger partial charge in [0.1, 0.15) is 5.75 Å². The molecule has 1 amide bonds. The molecule has 19 heavy (non-hydrogen) atoms. The number of carbonyl (C=O) groups is 1. The Morgan fingerprint density at radius 1 is 1.42 bits per heavy atom. The van der Waals surface area contributed by atoms with Crippen LogP contribution in [0.3, 0.4) is 0 Å². The van der Waals surface area contributed by atoms with Crippen molar-refractivity contribution in [1.29, 1.82) is 0 Å². The molecule has 0 aliphatic carbocycles. The molecule has 0 spiro atoms. The smallest absolute Gasteiger partial charge is 0.224 e. The van der Waals surface area contributed by atoms with E-state index in [1.54, 1.807) is 7.11 Å². The zero-order valence-electron chi connectivity index (χ0n) is 12.1. The number of hydrogen-bond donors (Lipinski definition) is 2. The van der Waals surface area contributed by atoms with E-state index in [0.29, 0.717) is 13.0 Å². The molecule has 1 rings (SSSR count). The van der Waals surface area contributed by atoms with E-state index < -0.39 is 6.10 Å². The summed E-state index contributed by atoms with van der Waals surface area (Å²) in [5, 5.41) is 12.4. The second-order valence-corrected chi connectivity index (χ2v) is 5.10. The van der Waals surface area contributed by atoms with E-state index in [2.05, 4.69) is 5.32 Å². The maximum Gasteiger partial charge on any atom is 0.224 e. The van der Waals surface area contributed by atoms with Crippen molar-refractivity contribution in [2.24, 2.45) is 5.92 Å². The molecule has 1 unspecified atom stereocenters. The van der Waals surface area contributed by atoms with Gasteiger partial charge in [-0.15, -0.1) is 0 Å². The first-order valence-corrected chi connectivity index (χ1v) is 6.52. The third kappa shape index (κ3) is 4.91. The van der Waals surface area contributed by atoms with Gasteiger partial charge in [0.15, 0.2) is 0 Å². The van der Waals surface area contributed by atoms with Gasteiger partial charge in [-0.1, -0.05) is 26.0 Å². The van der Waals surface area contributed by atoms with Crippen molar-refractivity contribution >= 4 is 5.91 Å². The first kappa shape index (κ1) is 15.5. The fourth-order valence-electron chi connectivity index (χ4n) is 1.68. The van der Waals surface area contributed by atoms with Crippen LogP contribution >= 0.6 is 0 Å². The predicted molar refractivity (Wildman–Crippen MR) is 75.3 cm³/mol. The molecule has 0 radical (unpaired) electrons. The standard InChI is InChI=1S/C15H23NO3/c1-10(2)13(17)9-16-15(18)8-12-6-5-11(3)14(7-12)19-4/h5-7,10,13,17H,8-9H2,1-4H3,(H,16,18). The third-order valence-electron chi connectivity index (χ3n) is 3.12. The molecule has 1 aromatic rings. The fraction of sp³-hybridized carbons (Fsp3) is 0.533. The summed E-state index contributed by atoms with van der Waals surface area (Å²) in [4.78, 5) is 11.8. The van der Waals surface area contributed by atoms with Gasteiger partial charge in [0.25, 0.3) is 0 Å². The van der Waals surface area contributed by atoms with Crippen LogP contribution in [-0.2, 0) is 11.2 Å². The summed E-state index contributed by atoms with van der Waals surface area (Å²) in [6.07, 6.45) is -0.210. The van der Waals surface area contributed by atoms with Crippen molar-refractivity contribution < 1.29 is 14.6 Å². The third-order valence-corrected chi connectivity index (χ3v) is 3.12. The van der Waals surface area contributed by atoms with Gasteiger partial charge in [-0.25, -0.2) is 0 Å². The zero-order chi connectivity index (χ0) is 14.4. The van der Waals surface area contributed by atoms with E-state index in [1.807, 2.05) is 39.0 Å². The van der Waals surface area contributed by atoms with Gasteiger partial charge in [0.2, 0.25) is 5.91 Å². The number of aliphatic hydroxyl groups excluding tert-OH is 1. The number of aliphatic hydroxyl groups is 1. The summed E-state index contributed by atoms with van der Waals surface area (Å²) in [6.45, 7) is 6.09. The molecule has 0 aliphatic rings. The van der Waals surface area contributed by atoms with Crippen LogP contribution in [0, 0.1) is 12.8 Å². The summed E-state index contributed by atoms with van der Waals surface area (Å²) in [7, 11) is 1.62. The summed E-state index contributed by atoms with van der Waals surface area (Å²) >= 11 is 0. The molecule has 0 aliphatic heterocycles. The molecule has 0 fully saturated rings. The lowest BCUT2D eigenvalue weighted by Gasteiger charge is -2.15. The minimum Gasteiger partial charge on any atom is -0.496 e. The number of hydrogen-bond acceptors (Lipinski definition) is 3. The Labute approximate surface area is 114 Å². The molecule has 0 saturated carbocycles. The Balaban J connectivity index is 2.53. The number of methoxy groups -OCH3 is 1. The van der Waals surface area contributed by atoms with E-state index in [-0.39, 0.29) is 11.8 Å². The molecule has 4 nitrogen and oxygen atoms in total. The molecular weight excluding hydrogens is 242 g/mol. The van der Waals surface area contributed by atoms with Gasteiger partial charge in [0, 0.05) is 6.54 Å². The maximum absolute atomic E-state index is 11.8. The quantitative estimate of drug-likeness (QED) is 0.822. The molecule has 1 aromatic carbocycles. The molecule has 106 valence electrons. The summed E-state index contributed by atoms with van der Waals surface area (Å²) in [5.74, 6) is 0.831. The molecule has 0 aromatic heterocycles. The topological polar surface area (TPSA) is 58.6 Å². The number of nitrogens with one attached hydrogen (secondary N) is 1. The van der Waals surface area contributed by atoms with E-state index >= 15 is 0 Å². The van der Waals surface area contributed by atoms with E-state index in [9.17, 15) is 9.90 Å². The minimum absolute atomic E-state index is 0.0920. The first-order valence-electron chi connectivity index (χ1n) is 6.52. The van der Waals surface area contributed by atoms with Gasteiger partial charge < -0.3 is 15.2 Å². The average molecular weight is 265 g/mol. The monoisotopic (exact) mass is 265 g/mol. The van der Waals surface area contributed by atoms with Gasteiger partial charge >= 0.3 is 0 Å². The molecule has 1 atom stereocenters. The fourth-order valence-corrected chi connectivity index (χ4v) is 1.68. The lowest BCUT2D eigenvalue weighted by molar-refractivity contribution is -0.121. The normalized spacial score (nSPS) is 12.3. The lowest BCUT2D eigenvalue weighted by Crippen LogP contribution is -2.35. The first-order chi connectivity index (χ1) is 8.93. The Morgan fingerprint density at radius 2 is 2.11 bits per heavy atom. The largest absolute Gasteiger partial charge is 0.496 e. The second-order valence-electron chi connectivity index (χ2n) is 5.10. The average Bonchev–Trinajstić information content (AvgIpc) is 2.38. The Morgan fingerprint density at radius 3 is 2.68 bits per heavy atom. The van der Waals surface area contributed by atoms with Gasteiger partial charge in [-0.05, 0) is 30.0 Å². The van der Waals surface area contributed by atoms with Crippen LogP contribution in [-0.4, -0.2) is 30.8 Å². The summed E-state index contributed by atoms with van der Waals surface area (Å²) in [6, 6.07) is 5.72. The van der Waals surface area contributed by atoms with Crippen molar-refractivity contribution in [2.45, 2.75) is 33.3 Å². The number of rotatable bonds is 6. The Bertz CT molecular complexity index is 429. The second kappa shape index (κ2) is 7.14. The number of carbonyl (C=O) groups excluding carboxylic acids is 1. The highest BCUT2D eigenvalue weighted by molar-refractivity contribution is 5.78. The predicted octanol–water partition coefficient (Wildman–Crippen LogP) is 1.68. The van der Waals surface area contributed by atoms with E-state index in [4.69, 9.17) is 4.74 Å². The molecule has 0 heterocycles. The van der Waals surface area contributed by atoms with E-state index in [1.165, 1.54) is 0 Å². The van der Waals surface area contributed by atoms with Crippen molar-refractivity contribution in [2.75, 3.05) is 13.7 Å². The molecule has 0 bridgehead atoms. The van der Waals surface area contributed by atoms with Gasteiger partial charge in [0.05, 0.1) is 19.6 Å². The number of amides is 1. The van der Waals surface area contributed by atoms with Crippen LogP contribution in [0.4, 0.5) is 0 Å². The van der Waals surface area contributed by atoms with Crippen molar-refractivity contribution in [3.63, 3.8) is 0 Å². The molecule has 4 heteroatoms. The van der Waals surface area contributed by atoms with Crippen LogP contribution in [0.1, 0.15) is 25.0 Å². The highest BCUT2D eigenvalue weighted by Gasteiger charge is 2.11. The highest BCUT2D eigenvalue weighted by Crippen LogP contribution is 2.19. The maximum atomic E-state index is 11.8. The summed E-state index contributed by atoms with van der Waals surface area (Å²) < 4.78 is 5.23. The zero-order valence-corrected chi connectivity index (χ0v) is 12.1. The van der Waals surface area contributed by atoms with Crippen LogP contribution in [0.2, 0.25) is 0 Å². The van der Waals surface area contributed by atoms with Gasteiger partial charge in [-0.2, -0.15) is 0 Å².